The second-order valence-electron chi connectivity index (χ2n) is 5.91. The average Bonchev–Trinajstić information content (AvgIpc) is 2.24. The zero-order valence-corrected chi connectivity index (χ0v) is 12.7. The van der Waals surface area contributed by atoms with Gasteiger partial charge in [0.15, 0.2) is 0 Å². The molecule has 0 amide bonds. The van der Waals surface area contributed by atoms with Crippen molar-refractivity contribution in [2.75, 3.05) is 19.6 Å². The minimum Gasteiger partial charge on any atom is -0.388 e. The van der Waals surface area contributed by atoms with E-state index in [0.717, 1.165) is 19.6 Å². The Hall–Kier alpha value is -1.02. The molecule has 18 heavy (non-hydrogen) atoms. The van der Waals surface area contributed by atoms with Gasteiger partial charge in [-0.05, 0) is 17.5 Å². The molecule has 0 heterocycles. The Balaban J connectivity index is 3.42. The van der Waals surface area contributed by atoms with E-state index in [1.54, 1.807) is 0 Å². The molecular formula is C16H30N2. The minimum absolute atomic E-state index is 0.280. The van der Waals surface area contributed by atoms with Crippen molar-refractivity contribution >= 4 is 0 Å². The lowest BCUT2D eigenvalue weighted by molar-refractivity contribution is 0.542. The van der Waals surface area contributed by atoms with Crippen LogP contribution in [-0.4, -0.2) is 19.6 Å². The first-order chi connectivity index (χ1) is 8.42. The Morgan fingerprint density at radius 1 is 0.944 bits per heavy atom. The maximum Gasteiger partial charge on any atom is 0.0325 e. The van der Waals surface area contributed by atoms with E-state index in [9.17, 15) is 0 Å². The summed E-state index contributed by atoms with van der Waals surface area (Å²) in [5.74, 6) is 0.632. The lowest BCUT2D eigenvalue weighted by atomic mass is 9.96. The highest BCUT2D eigenvalue weighted by molar-refractivity contribution is 4.94. The van der Waals surface area contributed by atoms with Crippen LogP contribution in [0.15, 0.2) is 36.6 Å². The van der Waals surface area contributed by atoms with Crippen molar-refractivity contribution in [3.8, 4) is 0 Å². The maximum atomic E-state index is 3.34. The van der Waals surface area contributed by atoms with Gasteiger partial charge in [-0.3, -0.25) is 0 Å². The second kappa shape index (κ2) is 9.95. The van der Waals surface area contributed by atoms with Gasteiger partial charge in [0.1, 0.15) is 0 Å². The number of allylic oxidation sites excluding steroid dienone is 2. The van der Waals surface area contributed by atoms with E-state index in [0.29, 0.717) is 5.92 Å². The number of hydrogen-bond acceptors (Lipinski definition) is 2. The predicted octanol–water partition coefficient (Wildman–Crippen LogP) is 3.49. The van der Waals surface area contributed by atoms with Gasteiger partial charge >= 0.3 is 0 Å². The summed E-state index contributed by atoms with van der Waals surface area (Å²) in [7, 11) is 0. The average molecular weight is 250 g/mol. The Labute approximate surface area is 113 Å². The molecular weight excluding hydrogens is 220 g/mol. The van der Waals surface area contributed by atoms with Crippen molar-refractivity contribution < 1.29 is 0 Å². The van der Waals surface area contributed by atoms with Crippen LogP contribution in [0.2, 0.25) is 0 Å². The van der Waals surface area contributed by atoms with E-state index < -0.39 is 0 Å². The van der Waals surface area contributed by atoms with E-state index >= 15 is 0 Å². The molecule has 0 aromatic carbocycles. The lowest BCUT2D eigenvalue weighted by Crippen LogP contribution is -2.15. The number of hydrogen-bond donors (Lipinski definition) is 2. The molecule has 104 valence electrons. The van der Waals surface area contributed by atoms with Crippen molar-refractivity contribution in [3.63, 3.8) is 0 Å². The van der Waals surface area contributed by atoms with Crippen molar-refractivity contribution in [1.82, 2.24) is 10.6 Å². The summed E-state index contributed by atoms with van der Waals surface area (Å²) in [6.45, 7) is 13.7. The van der Waals surface area contributed by atoms with Crippen LogP contribution in [0.25, 0.3) is 0 Å². The van der Waals surface area contributed by atoms with Crippen molar-refractivity contribution in [2.45, 2.75) is 34.6 Å². The molecule has 0 aliphatic heterocycles. The minimum atomic E-state index is 0.280. The highest BCUT2D eigenvalue weighted by Crippen LogP contribution is 2.13. The molecule has 0 saturated carbocycles. The van der Waals surface area contributed by atoms with Gasteiger partial charge in [0.05, 0.1) is 0 Å². The zero-order chi connectivity index (χ0) is 13.9. The molecule has 0 radical (unpaired) electrons. The smallest absolute Gasteiger partial charge is 0.0325 e. The predicted molar refractivity (Wildman–Crippen MR) is 82.6 cm³/mol. The van der Waals surface area contributed by atoms with E-state index in [2.05, 4.69) is 75.6 Å². The van der Waals surface area contributed by atoms with E-state index in [1.807, 2.05) is 6.20 Å². The number of nitrogens with one attached hydrogen (secondary N) is 2. The third kappa shape index (κ3) is 15.0. The SMILES string of the molecule is CC(C)/C=C/CN/C=C/CNC/C=C/C(C)(C)C. The first kappa shape index (κ1) is 17.0. The van der Waals surface area contributed by atoms with E-state index in [4.69, 9.17) is 0 Å². The topological polar surface area (TPSA) is 24.1 Å². The molecule has 2 nitrogen and oxygen atoms in total. The largest absolute Gasteiger partial charge is 0.388 e. The molecule has 2 N–H and O–H groups in total. The van der Waals surface area contributed by atoms with Gasteiger partial charge in [0.2, 0.25) is 0 Å². The van der Waals surface area contributed by atoms with Crippen LogP contribution in [0.4, 0.5) is 0 Å². The molecule has 0 aromatic heterocycles. The Bertz CT molecular complexity index is 267. The molecule has 0 spiro atoms. The summed E-state index contributed by atoms with van der Waals surface area (Å²) in [4.78, 5) is 0. The van der Waals surface area contributed by atoms with Gasteiger partial charge in [-0.1, -0.05) is 65.0 Å². The van der Waals surface area contributed by atoms with Crippen LogP contribution in [-0.2, 0) is 0 Å². The van der Waals surface area contributed by atoms with E-state index in [-0.39, 0.29) is 5.41 Å². The summed E-state index contributed by atoms with van der Waals surface area (Å²) in [6.07, 6.45) is 12.9. The van der Waals surface area contributed by atoms with Crippen LogP contribution < -0.4 is 10.6 Å². The normalized spacial score (nSPS) is 13.4. The Kier molecular flexibility index (Phi) is 9.39. The maximum absolute atomic E-state index is 3.34. The molecule has 0 atom stereocenters. The monoisotopic (exact) mass is 250 g/mol. The van der Waals surface area contributed by atoms with Crippen LogP contribution in [0.1, 0.15) is 34.6 Å². The highest BCUT2D eigenvalue weighted by atomic mass is 14.9. The van der Waals surface area contributed by atoms with Gasteiger partial charge in [-0.15, -0.1) is 0 Å². The number of rotatable bonds is 8. The van der Waals surface area contributed by atoms with Gasteiger partial charge in [0.25, 0.3) is 0 Å². The quantitative estimate of drug-likeness (QED) is 0.509. The summed E-state index contributed by atoms with van der Waals surface area (Å²) in [6, 6.07) is 0. The van der Waals surface area contributed by atoms with Crippen molar-refractivity contribution in [2.24, 2.45) is 11.3 Å². The fourth-order valence-electron chi connectivity index (χ4n) is 1.28. The van der Waals surface area contributed by atoms with Crippen LogP contribution in [0.3, 0.4) is 0 Å². The van der Waals surface area contributed by atoms with Gasteiger partial charge in [-0.25, -0.2) is 0 Å². The zero-order valence-electron chi connectivity index (χ0n) is 12.7. The summed E-state index contributed by atoms with van der Waals surface area (Å²) < 4.78 is 0. The van der Waals surface area contributed by atoms with E-state index in [1.165, 1.54) is 0 Å². The molecule has 0 rings (SSSR count). The second-order valence-corrected chi connectivity index (χ2v) is 5.91. The molecule has 0 saturated heterocycles. The Morgan fingerprint density at radius 3 is 2.22 bits per heavy atom. The fourth-order valence-corrected chi connectivity index (χ4v) is 1.28. The summed E-state index contributed by atoms with van der Waals surface area (Å²) >= 11 is 0. The first-order valence-corrected chi connectivity index (χ1v) is 6.85. The van der Waals surface area contributed by atoms with Crippen molar-refractivity contribution in [1.29, 1.82) is 0 Å². The third-order valence-electron chi connectivity index (χ3n) is 2.13. The van der Waals surface area contributed by atoms with Gasteiger partial charge < -0.3 is 10.6 Å². The molecule has 0 bridgehead atoms. The first-order valence-electron chi connectivity index (χ1n) is 6.85. The van der Waals surface area contributed by atoms with Crippen molar-refractivity contribution in [3.05, 3.63) is 36.6 Å². The lowest BCUT2D eigenvalue weighted by Gasteiger charge is -2.10. The molecule has 0 unspecified atom stereocenters. The highest BCUT2D eigenvalue weighted by Gasteiger charge is 2.01. The fraction of sp³-hybridized carbons (Fsp3) is 0.625. The van der Waals surface area contributed by atoms with Gasteiger partial charge in [-0.2, -0.15) is 0 Å². The van der Waals surface area contributed by atoms with Gasteiger partial charge in [0, 0.05) is 19.6 Å². The standard InChI is InChI=1S/C16H30N2/c1-15(2)9-6-11-17-13-8-14-18-12-7-10-16(3,4)5/h6-10,13,15,17-18H,11-12,14H2,1-5H3/b9-6+,10-7+,13-8+. The molecule has 2 heteroatoms. The molecule has 0 aromatic rings. The van der Waals surface area contributed by atoms with Crippen LogP contribution in [0.5, 0.6) is 0 Å². The Morgan fingerprint density at radius 2 is 1.61 bits per heavy atom. The molecule has 0 fully saturated rings. The summed E-state index contributed by atoms with van der Waals surface area (Å²) in [5.41, 5.74) is 0.280. The molecule has 0 aliphatic rings. The van der Waals surface area contributed by atoms with Crippen LogP contribution in [0, 0.1) is 11.3 Å². The molecule has 0 aliphatic carbocycles. The summed E-state index contributed by atoms with van der Waals surface area (Å²) in [5, 5.41) is 6.57. The van der Waals surface area contributed by atoms with Crippen LogP contribution >= 0.6 is 0 Å². The third-order valence-corrected chi connectivity index (χ3v) is 2.13.